The van der Waals surface area contributed by atoms with Crippen molar-refractivity contribution in [2.75, 3.05) is 6.54 Å². The highest BCUT2D eigenvalue weighted by Gasteiger charge is 2.35. The normalized spacial score (nSPS) is 13.8. The van der Waals surface area contributed by atoms with E-state index in [0.29, 0.717) is 22.8 Å². The maximum atomic E-state index is 12.4. The van der Waals surface area contributed by atoms with Crippen LogP contribution in [0.5, 0.6) is 0 Å². The molecule has 0 atom stereocenters. The Morgan fingerprint density at radius 2 is 1.95 bits per heavy atom. The van der Waals surface area contributed by atoms with Gasteiger partial charge in [0, 0.05) is 18.5 Å². The number of carbonyl (C=O) groups excluding carboxylic acids is 2. The number of amides is 2. The predicted octanol–water partition coefficient (Wildman–Crippen LogP) is 1.76. The van der Waals surface area contributed by atoms with Crippen molar-refractivity contribution in [1.82, 2.24) is 25.1 Å². The average Bonchev–Trinajstić information content (AvgIpc) is 3.01. The summed E-state index contributed by atoms with van der Waals surface area (Å²) < 4.78 is 1.55. The molecule has 0 saturated heterocycles. The Kier molecular flexibility index (Phi) is 3.93. The number of benzene rings is 1. The third-order valence-corrected chi connectivity index (χ3v) is 4.49. The Labute approximate surface area is 131 Å². The second-order valence-electron chi connectivity index (χ2n) is 5.01. The molecule has 0 radical (unpaired) electrons. The van der Waals surface area contributed by atoms with Crippen molar-refractivity contribution in [1.29, 1.82) is 0 Å². The molecule has 1 aromatic carbocycles. The summed E-state index contributed by atoms with van der Waals surface area (Å²) in [5.41, 5.74) is 0.933. The summed E-state index contributed by atoms with van der Waals surface area (Å²) in [6, 6.07) is 5.25. The minimum atomic E-state index is -0.216. The Morgan fingerprint density at radius 1 is 1.18 bits per heavy atom. The van der Waals surface area contributed by atoms with Crippen LogP contribution in [-0.2, 0) is 7.05 Å². The van der Waals surface area contributed by atoms with Crippen molar-refractivity contribution in [2.45, 2.75) is 29.8 Å². The second-order valence-corrected chi connectivity index (χ2v) is 6.05. The van der Waals surface area contributed by atoms with Gasteiger partial charge in [0.05, 0.1) is 11.1 Å². The largest absolute Gasteiger partial charge is 0.274 e. The average molecular weight is 317 g/mol. The van der Waals surface area contributed by atoms with Gasteiger partial charge in [0.25, 0.3) is 11.8 Å². The topological polar surface area (TPSA) is 81.0 Å². The van der Waals surface area contributed by atoms with Crippen molar-refractivity contribution in [3.05, 3.63) is 29.3 Å². The molecule has 0 saturated carbocycles. The molecule has 0 aliphatic carbocycles. The molecule has 1 aliphatic heterocycles. The highest BCUT2D eigenvalue weighted by molar-refractivity contribution is 7.99. The van der Waals surface area contributed by atoms with Gasteiger partial charge in [-0.2, -0.15) is 0 Å². The summed E-state index contributed by atoms with van der Waals surface area (Å²) in [6.45, 7) is 2.50. The smallest absolute Gasteiger partial charge is 0.261 e. The molecule has 2 aromatic rings. The summed E-state index contributed by atoms with van der Waals surface area (Å²) in [6.07, 6.45) is 1.76. The van der Waals surface area contributed by atoms with Crippen LogP contribution in [-0.4, -0.2) is 43.5 Å². The first-order valence-electron chi connectivity index (χ1n) is 7.02. The minimum absolute atomic E-state index is 0.203. The molecule has 0 unspecified atom stereocenters. The predicted molar refractivity (Wildman–Crippen MR) is 79.6 cm³/mol. The number of hydrogen-bond acceptors (Lipinski definition) is 6. The van der Waals surface area contributed by atoms with E-state index in [1.807, 2.05) is 13.0 Å². The molecular formula is C14H15N5O2S. The Morgan fingerprint density at radius 3 is 2.64 bits per heavy atom. The number of rotatable bonds is 5. The van der Waals surface area contributed by atoms with Crippen LogP contribution in [0.2, 0.25) is 0 Å². The molecule has 3 rings (SSSR count). The Hall–Kier alpha value is -2.22. The maximum absolute atomic E-state index is 12.4. The first-order valence-corrected chi connectivity index (χ1v) is 7.84. The van der Waals surface area contributed by atoms with Crippen LogP contribution >= 0.6 is 11.8 Å². The van der Waals surface area contributed by atoms with E-state index < -0.39 is 0 Å². The summed E-state index contributed by atoms with van der Waals surface area (Å²) in [5, 5.41) is 11.9. The number of unbranched alkanes of at least 4 members (excludes halogenated alkanes) is 1. The van der Waals surface area contributed by atoms with E-state index >= 15 is 0 Å². The fourth-order valence-corrected chi connectivity index (χ4v) is 3.04. The maximum Gasteiger partial charge on any atom is 0.261 e. The molecule has 114 valence electrons. The second kappa shape index (κ2) is 5.88. The SMILES string of the molecule is CCCCN1C(=O)c2ccc(Sc3nnnn3C)cc2C1=O. The fraction of sp³-hybridized carbons (Fsp3) is 0.357. The first kappa shape index (κ1) is 14.7. The number of fused-ring (bicyclic) bond motifs is 1. The lowest BCUT2D eigenvalue weighted by atomic mass is 10.1. The molecule has 7 nitrogen and oxygen atoms in total. The van der Waals surface area contributed by atoms with E-state index in [4.69, 9.17) is 0 Å². The third kappa shape index (κ3) is 2.50. The monoisotopic (exact) mass is 317 g/mol. The number of carbonyl (C=O) groups is 2. The zero-order chi connectivity index (χ0) is 15.7. The van der Waals surface area contributed by atoms with Crippen molar-refractivity contribution in [3.8, 4) is 0 Å². The van der Waals surface area contributed by atoms with Crippen molar-refractivity contribution >= 4 is 23.6 Å². The van der Waals surface area contributed by atoms with Gasteiger partial charge in [0.2, 0.25) is 5.16 Å². The zero-order valence-corrected chi connectivity index (χ0v) is 13.1. The molecule has 22 heavy (non-hydrogen) atoms. The molecule has 2 heterocycles. The van der Waals surface area contributed by atoms with Crippen LogP contribution in [0, 0.1) is 0 Å². The van der Waals surface area contributed by atoms with Gasteiger partial charge in [-0.05, 0) is 46.8 Å². The van der Waals surface area contributed by atoms with E-state index in [9.17, 15) is 9.59 Å². The summed E-state index contributed by atoms with van der Waals surface area (Å²) in [7, 11) is 1.75. The first-order chi connectivity index (χ1) is 10.6. The number of hydrogen-bond donors (Lipinski definition) is 0. The van der Waals surface area contributed by atoms with Crippen LogP contribution in [0.15, 0.2) is 28.3 Å². The number of nitrogens with zero attached hydrogens (tertiary/aromatic N) is 5. The highest BCUT2D eigenvalue weighted by Crippen LogP contribution is 2.31. The van der Waals surface area contributed by atoms with Crippen LogP contribution in [0.25, 0.3) is 0 Å². The van der Waals surface area contributed by atoms with Crippen molar-refractivity contribution < 1.29 is 9.59 Å². The Bertz CT molecular complexity index is 743. The number of tetrazole rings is 1. The van der Waals surface area contributed by atoms with Crippen LogP contribution in [0.3, 0.4) is 0 Å². The van der Waals surface area contributed by atoms with Gasteiger partial charge in [0.15, 0.2) is 0 Å². The molecule has 1 aliphatic rings. The van der Waals surface area contributed by atoms with Gasteiger partial charge in [0.1, 0.15) is 0 Å². The van der Waals surface area contributed by atoms with Gasteiger partial charge >= 0.3 is 0 Å². The van der Waals surface area contributed by atoms with Gasteiger partial charge in [-0.25, -0.2) is 4.68 Å². The van der Waals surface area contributed by atoms with Crippen LogP contribution < -0.4 is 0 Å². The van der Waals surface area contributed by atoms with Crippen LogP contribution in [0.4, 0.5) is 0 Å². The third-order valence-electron chi connectivity index (χ3n) is 3.47. The molecule has 2 amide bonds. The standard InChI is InChI=1S/C14H15N5O2S/c1-3-4-7-19-12(20)10-6-5-9(8-11(10)13(19)21)22-14-15-16-17-18(14)2/h5-6,8H,3-4,7H2,1-2H3. The van der Waals surface area contributed by atoms with E-state index in [2.05, 4.69) is 15.5 Å². The summed E-state index contributed by atoms with van der Waals surface area (Å²) >= 11 is 1.35. The molecule has 0 fully saturated rings. The van der Waals surface area contributed by atoms with Gasteiger partial charge in [-0.1, -0.05) is 13.3 Å². The highest BCUT2D eigenvalue weighted by atomic mass is 32.2. The molecular weight excluding hydrogens is 302 g/mol. The number of imide groups is 1. The Balaban J connectivity index is 1.86. The molecule has 0 bridgehead atoms. The summed E-state index contributed by atoms with van der Waals surface area (Å²) in [5.74, 6) is -0.419. The lowest BCUT2D eigenvalue weighted by molar-refractivity contribution is 0.0652. The van der Waals surface area contributed by atoms with Gasteiger partial charge in [-0.3, -0.25) is 14.5 Å². The van der Waals surface area contributed by atoms with Crippen molar-refractivity contribution in [2.24, 2.45) is 7.05 Å². The van der Waals surface area contributed by atoms with Crippen LogP contribution in [0.1, 0.15) is 40.5 Å². The molecule has 1 aromatic heterocycles. The van der Waals surface area contributed by atoms with E-state index in [1.54, 1.807) is 23.9 Å². The quantitative estimate of drug-likeness (QED) is 0.782. The summed E-state index contributed by atoms with van der Waals surface area (Å²) in [4.78, 5) is 26.8. The molecule has 8 heteroatoms. The molecule has 0 spiro atoms. The van der Waals surface area contributed by atoms with E-state index in [1.165, 1.54) is 16.7 Å². The fourth-order valence-electron chi connectivity index (χ4n) is 2.27. The van der Waals surface area contributed by atoms with Gasteiger partial charge < -0.3 is 0 Å². The van der Waals surface area contributed by atoms with E-state index in [-0.39, 0.29) is 11.8 Å². The minimum Gasteiger partial charge on any atom is -0.274 e. The lowest BCUT2D eigenvalue weighted by Gasteiger charge is -2.12. The van der Waals surface area contributed by atoms with Crippen molar-refractivity contribution in [3.63, 3.8) is 0 Å². The number of aryl methyl sites for hydroxylation is 1. The number of aromatic nitrogens is 4. The molecule has 0 N–H and O–H groups in total. The van der Waals surface area contributed by atoms with E-state index in [0.717, 1.165) is 17.7 Å². The lowest BCUT2D eigenvalue weighted by Crippen LogP contribution is -2.30. The van der Waals surface area contributed by atoms with Gasteiger partial charge in [-0.15, -0.1) is 5.10 Å². The zero-order valence-electron chi connectivity index (χ0n) is 12.3.